The molecule has 0 radical (unpaired) electrons. The quantitative estimate of drug-likeness (QED) is 0.943. The van der Waals surface area contributed by atoms with E-state index in [2.05, 4.69) is 29.0 Å². The molecule has 2 aromatic rings. The summed E-state index contributed by atoms with van der Waals surface area (Å²) < 4.78 is 18.7. The Morgan fingerprint density at radius 1 is 1.33 bits per heavy atom. The predicted octanol–water partition coefficient (Wildman–Crippen LogP) is 2.66. The van der Waals surface area contributed by atoms with Crippen LogP contribution in [0.25, 0.3) is 11.3 Å². The first-order valence-electron chi connectivity index (χ1n) is 7.30. The zero-order chi connectivity index (χ0) is 14.8. The maximum atomic E-state index is 12.9. The highest BCUT2D eigenvalue weighted by molar-refractivity contribution is 5.55. The van der Waals surface area contributed by atoms with Crippen molar-refractivity contribution < 1.29 is 8.81 Å². The van der Waals surface area contributed by atoms with E-state index in [1.807, 2.05) is 0 Å². The molecule has 112 valence electrons. The molecular weight excluding hydrogens is 269 g/mol. The van der Waals surface area contributed by atoms with Gasteiger partial charge in [-0.2, -0.15) is 0 Å². The Balaban J connectivity index is 1.71. The minimum absolute atomic E-state index is 0.248. The lowest BCUT2D eigenvalue weighted by atomic mass is 10.1. The third-order valence-corrected chi connectivity index (χ3v) is 3.91. The lowest BCUT2D eigenvalue weighted by Gasteiger charge is -2.36. The van der Waals surface area contributed by atoms with Gasteiger partial charge in [0.2, 0.25) is 5.89 Å². The molecule has 4 nitrogen and oxygen atoms in total. The fourth-order valence-corrected chi connectivity index (χ4v) is 2.62. The Morgan fingerprint density at radius 2 is 2.10 bits per heavy atom. The van der Waals surface area contributed by atoms with E-state index in [0.29, 0.717) is 30.3 Å². The summed E-state index contributed by atoms with van der Waals surface area (Å²) in [6.07, 6.45) is 1.71. The zero-order valence-electron chi connectivity index (χ0n) is 12.3. The molecule has 1 aromatic carbocycles. The van der Waals surface area contributed by atoms with Gasteiger partial charge in [-0.25, -0.2) is 9.37 Å². The van der Waals surface area contributed by atoms with E-state index in [9.17, 15) is 4.39 Å². The van der Waals surface area contributed by atoms with Crippen LogP contribution >= 0.6 is 0 Å². The van der Waals surface area contributed by atoms with Crippen LogP contribution in [0.3, 0.4) is 0 Å². The number of piperazine rings is 1. The second kappa shape index (κ2) is 5.95. The molecule has 0 spiro atoms. The van der Waals surface area contributed by atoms with Crippen molar-refractivity contribution in [2.45, 2.75) is 32.5 Å². The lowest BCUT2D eigenvalue weighted by molar-refractivity contribution is 0.127. The summed E-state index contributed by atoms with van der Waals surface area (Å²) in [4.78, 5) is 6.71. The van der Waals surface area contributed by atoms with Crippen molar-refractivity contribution in [2.75, 3.05) is 13.1 Å². The first-order valence-corrected chi connectivity index (χ1v) is 7.30. The molecule has 0 amide bonds. The van der Waals surface area contributed by atoms with Gasteiger partial charge >= 0.3 is 0 Å². The summed E-state index contributed by atoms with van der Waals surface area (Å²) in [5, 5.41) is 3.46. The number of nitrogens with zero attached hydrogens (tertiary/aromatic N) is 2. The van der Waals surface area contributed by atoms with Gasteiger partial charge in [0.1, 0.15) is 5.82 Å². The number of nitrogens with one attached hydrogen (secondary N) is 1. The van der Waals surface area contributed by atoms with Crippen LogP contribution in [0.2, 0.25) is 0 Å². The zero-order valence-corrected chi connectivity index (χ0v) is 12.3. The van der Waals surface area contributed by atoms with Crippen molar-refractivity contribution >= 4 is 0 Å². The van der Waals surface area contributed by atoms with E-state index >= 15 is 0 Å². The second-order valence-electron chi connectivity index (χ2n) is 5.71. The Labute approximate surface area is 124 Å². The molecule has 0 aliphatic carbocycles. The van der Waals surface area contributed by atoms with Crippen LogP contribution in [0.4, 0.5) is 4.39 Å². The number of hydrogen-bond donors (Lipinski definition) is 1. The molecule has 1 aromatic heterocycles. The summed E-state index contributed by atoms with van der Waals surface area (Å²) in [6.45, 7) is 7.04. The third-order valence-electron chi connectivity index (χ3n) is 3.91. The van der Waals surface area contributed by atoms with Gasteiger partial charge in [-0.3, -0.25) is 4.90 Å². The van der Waals surface area contributed by atoms with Crippen molar-refractivity contribution in [3.8, 4) is 11.3 Å². The van der Waals surface area contributed by atoms with Gasteiger partial charge in [0.25, 0.3) is 0 Å². The van der Waals surface area contributed by atoms with Gasteiger partial charge in [-0.05, 0) is 38.1 Å². The maximum Gasteiger partial charge on any atom is 0.209 e. The van der Waals surface area contributed by atoms with Gasteiger partial charge in [-0.1, -0.05) is 0 Å². The molecule has 5 heteroatoms. The average Bonchev–Trinajstić information content (AvgIpc) is 2.92. The Kier molecular flexibility index (Phi) is 4.03. The van der Waals surface area contributed by atoms with Gasteiger partial charge in [0.15, 0.2) is 5.76 Å². The molecule has 1 N–H and O–H groups in total. The lowest BCUT2D eigenvalue weighted by Crippen LogP contribution is -2.53. The van der Waals surface area contributed by atoms with Gasteiger partial charge < -0.3 is 9.73 Å². The second-order valence-corrected chi connectivity index (χ2v) is 5.71. The van der Waals surface area contributed by atoms with Crippen LogP contribution in [-0.2, 0) is 6.54 Å². The highest BCUT2D eigenvalue weighted by atomic mass is 19.1. The molecule has 0 bridgehead atoms. The smallest absolute Gasteiger partial charge is 0.209 e. The number of halogens is 1. The van der Waals surface area contributed by atoms with Gasteiger partial charge in [0, 0.05) is 30.7 Å². The van der Waals surface area contributed by atoms with Crippen molar-refractivity contribution in [3.63, 3.8) is 0 Å². The average molecular weight is 289 g/mol. The number of aromatic nitrogens is 1. The van der Waals surface area contributed by atoms with E-state index in [0.717, 1.165) is 18.7 Å². The Hall–Kier alpha value is -1.72. The molecule has 0 saturated carbocycles. The number of benzene rings is 1. The largest absolute Gasteiger partial charge is 0.439 e. The first kappa shape index (κ1) is 14.2. The molecule has 2 heterocycles. The van der Waals surface area contributed by atoms with Gasteiger partial charge in [-0.15, -0.1) is 0 Å². The topological polar surface area (TPSA) is 41.3 Å². The summed E-state index contributed by atoms with van der Waals surface area (Å²) in [7, 11) is 0. The van der Waals surface area contributed by atoms with Crippen molar-refractivity contribution in [2.24, 2.45) is 0 Å². The van der Waals surface area contributed by atoms with Crippen molar-refractivity contribution in [1.29, 1.82) is 0 Å². The van der Waals surface area contributed by atoms with Crippen LogP contribution in [0.15, 0.2) is 34.9 Å². The van der Waals surface area contributed by atoms with E-state index < -0.39 is 0 Å². The van der Waals surface area contributed by atoms with Crippen molar-refractivity contribution in [1.82, 2.24) is 15.2 Å². The normalized spacial score (nSPS) is 23.4. The third kappa shape index (κ3) is 3.31. The summed E-state index contributed by atoms with van der Waals surface area (Å²) in [5.41, 5.74) is 0.844. The molecule has 1 aliphatic rings. The number of rotatable bonds is 3. The Bertz CT molecular complexity index is 596. The highest BCUT2D eigenvalue weighted by Gasteiger charge is 2.23. The molecular formula is C16H20FN3O. The van der Waals surface area contributed by atoms with E-state index in [-0.39, 0.29) is 5.82 Å². The molecule has 1 saturated heterocycles. The van der Waals surface area contributed by atoms with E-state index in [4.69, 9.17) is 4.42 Å². The van der Waals surface area contributed by atoms with Crippen LogP contribution < -0.4 is 5.32 Å². The fourth-order valence-electron chi connectivity index (χ4n) is 2.62. The van der Waals surface area contributed by atoms with Crippen LogP contribution in [0, 0.1) is 5.82 Å². The fraction of sp³-hybridized carbons (Fsp3) is 0.438. The molecule has 21 heavy (non-hydrogen) atoms. The predicted molar refractivity (Wildman–Crippen MR) is 79.2 cm³/mol. The summed E-state index contributed by atoms with van der Waals surface area (Å²) >= 11 is 0. The van der Waals surface area contributed by atoms with Crippen molar-refractivity contribution in [3.05, 3.63) is 42.2 Å². The highest BCUT2D eigenvalue weighted by Crippen LogP contribution is 2.22. The standard InChI is InChI=1S/C16H20FN3O/c1-11-9-20(12(2)7-18-11)10-16-19-8-15(21-16)13-3-5-14(17)6-4-13/h3-6,8,11-12,18H,7,9-10H2,1-2H3. The molecule has 1 aliphatic heterocycles. The summed E-state index contributed by atoms with van der Waals surface area (Å²) in [5.74, 6) is 1.14. The van der Waals surface area contributed by atoms with Crippen LogP contribution in [0.5, 0.6) is 0 Å². The number of oxazole rings is 1. The molecule has 2 unspecified atom stereocenters. The minimum atomic E-state index is -0.248. The minimum Gasteiger partial charge on any atom is -0.439 e. The monoisotopic (exact) mass is 289 g/mol. The summed E-state index contributed by atoms with van der Waals surface area (Å²) in [6, 6.07) is 7.20. The Morgan fingerprint density at radius 3 is 2.86 bits per heavy atom. The number of hydrogen-bond acceptors (Lipinski definition) is 4. The van der Waals surface area contributed by atoms with E-state index in [1.165, 1.54) is 12.1 Å². The SMILES string of the molecule is CC1CN(Cc2ncc(-c3ccc(F)cc3)o2)C(C)CN1. The maximum absolute atomic E-state index is 12.9. The van der Waals surface area contributed by atoms with Gasteiger partial charge in [0.05, 0.1) is 12.7 Å². The van der Waals surface area contributed by atoms with Crippen LogP contribution in [-0.4, -0.2) is 35.1 Å². The first-order chi connectivity index (χ1) is 10.1. The van der Waals surface area contributed by atoms with Crippen LogP contribution in [0.1, 0.15) is 19.7 Å². The van der Waals surface area contributed by atoms with E-state index in [1.54, 1.807) is 18.3 Å². The molecule has 1 fully saturated rings. The molecule has 3 rings (SSSR count). The molecule has 2 atom stereocenters.